The molecule has 4 unspecified atom stereocenters. The van der Waals surface area contributed by atoms with Crippen LogP contribution in [0.2, 0.25) is 0 Å². The van der Waals surface area contributed by atoms with Crippen molar-refractivity contribution in [3.63, 3.8) is 0 Å². The molecule has 9 rings (SSSR count). The monoisotopic (exact) mass is 1280 g/mol. The summed E-state index contributed by atoms with van der Waals surface area (Å²) in [5.41, 5.74) is -2.41. The zero-order valence-corrected chi connectivity index (χ0v) is 52.4. The van der Waals surface area contributed by atoms with Gasteiger partial charge in [-0.05, 0) is 99.7 Å². The maximum atomic E-state index is 12.8. The first-order chi connectivity index (χ1) is 41.7. The van der Waals surface area contributed by atoms with Gasteiger partial charge in [0.2, 0.25) is 0 Å². The number of allylic oxidation sites excluding steroid dienone is 1. The zero-order valence-electron chi connectivity index (χ0n) is 52.4. The minimum Gasteiger partial charge on any atom is -0.394 e. The number of hydrogen-bond donors (Lipinski definition) is 18. The van der Waals surface area contributed by atoms with Gasteiger partial charge in [-0.15, -0.1) is 0 Å². The van der Waals surface area contributed by atoms with Crippen LogP contribution in [0.1, 0.15) is 114 Å². The minimum atomic E-state index is -1.95. The lowest BCUT2D eigenvalue weighted by Crippen LogP contribution is -2.67. The van der Waals surface area contributed by atoms with Crippen LogP contribution in [0.15, 0.2) is 11.6 Å². The molecule has 89 heavy (non-hydrogen) atoms. The van der Waals surface area contributed by atoms with Crippen LogP contribution in [0.5, 0.6) is 0 Å². The van der Waals surface area contributed by atoms with Crippen LogP contribution >= 0.6 is 0 Å². The molecule has 0 bridgehead atoms. The number of fused-ring (bicyclic) bond motifs is 5. The van der Waals surface area contributed by atoms with Crippen molar-refractivity contribution in [3.8, 4) is 0 Å². The van der Waals surface area contributed by atoms with Crippen LogP contribution < -0.4 is 0 Å². The predicted molar refractivity (Wildman–Crippen MR) is 303 cm³/mol. The highest BCUT2D eigenvalue weighted by Gasteiger charge is 2.71. The number of hydrogen-bond acceptors (Lipinski definition) is 28. The molecule has 0 aromatic heterocycles. The van der Waals surface area contributed by atoms with Gasteiger partial charge in [-0.2, -0.15) is 0 Å². The van der Waals surface area contributed by atoms with E-state index in [1.165, 1.54) is 13.8 Å². The van der Waals surface area contributed by atoms with Gasteiger partial charge in [0.25, 0.3) is 0 Å². The molecule has 4 aliphatic carbocycles. The Labute approximate surface area is 518 Å². The molecule has 5 heterocycles. The van der Waals surface area contributed by atoms with Crippen molar-refractivity contribution >= 4 is 0 Å². The van der Waals surface area contributed by atoms with E-state index in [-0.39, 0.29) is 40.9 Å². The quantitative estimate of drug-likeness (QED) is 0.0515. The van der Waals surface area contributed by atoms with Gasteiger partial charge >= 0.3 is 0 Å². The summed E-state index contributed by atoms with van der Waals surface area (Å²) in [5.74, 6) is -0.700. The Kier molecular flexibility index (Phi) is 22.3. The Morgan fingerprint density at radius 1 is 0.539 bits per heavy atom. The molecule has 8 fully saturated rings. The van der Waals surface area contributed by atoms with Gasteiger partial charge in [-0.25, -0.2) is 0 Å². The number of aliphatic hydroxyl groups excluding tert-OH is 17. The van der Waals surface area contributed by atoms with Gasteiger partial charge in [-0.3, -0.25) is 0 Å². The van der Waals surface area contributed by atoms with Crippen LogP contribution in [0, 0.1) is 51.2 Å². The molecule has 5 aliphatic heterocycles. The molecule has 28 nitrogen and oxygen atoms in total. The van der Waals surface area contributed by atoms with Gasteiger partial charge in [0.1, 0.15) is 104 Å². The summed E-state index contributed by atoms with van der Waals surface area (Å²) >= 11 is 0. The lowest BCUT2D eigenvalue weighted by atomic mass is 9.38. The molecule has 0 amide bonds. The van der Waals surface area contributed by atoms with Crippen LogP contribution in [-0.4, -0.2) is 296 Å². The standard InChI is InChI=1S/C61H104O28/c1-24(10-14-37(58(5,6)79)87-56-51(89-55-48(77)43(72)40(69)31(21-64)83-55)49(78)50(32(22-65)84-56)88-54-45(74)38(67)25(2)29(19-62)81-54)26-16-17-59(7)34-13-11-27-28(61(34,9)35(66)18-60(26,59)8)12-15-36(57(27,3)4)86-53-47(76)44(73)41(70)33(85-53)23-80-52-46(75)42(71)39(68)30(20-63)82-52/h11,24-26,28-56,62-79H,10,12-23H2,1-9H3/t24-,25-,26?,28?,29-,30-,31-,32-,33-,34?,35-,36+,37-,38+,39-,40-,41-,42+,43+,44+,45-,46-,47-,48-,49+,50-,51-,52-,53+,54?,55+,56+,59+,60-,61+/m1/s1. The van der Waals surface area contributed by atoms with E-state index in [1.54, 1.807) is 6.92 Å². The van der Waals surface area contributed by atoms with Crippen molar-refractivity contribution in [2.24, 2.45) is 51.2 Å². The van der Waals surface area contributed by atoms with E-state index in [9.17, 15) is 91.9 Å². The lowest BCUT2D eigenvalue weighted by Gasteiger charge is -2.67. The summed E-state index contributed by atoms with van der Waals surface area (Å²) in [7, 11) is 0. The number of aliphatic hydroxyl groups is 18. The third-order valence-electron chi connectivity index (χ3n) is 23.3. The van der Waals surface area contributed by atoms with E-state index in [0.717, 1.165) is 18.4 Å². The molecular formula is C61H104O28. The van der Waals surface area contributed by atoms with Crippen molar-refractivity contribution in [3.05, 3.63) is 11.6 Å². The number of ether oxygens (including phenoxy) is 10. The molecule has 0 aromatic carbocycles. The summed E-state index contributed by atoms with van der Waals surface area (Å²) in [5, 5.41) is 196. The average Bonchev–Trinajstić information content (AvgIpc) is 1.68. The van der Waals surface area contributed by atoms with Gasteiger partial charge < -0.3 is 139 Å². The minimum absolute atomic E-state index is 0.0198. The lowest BCUT2D eigenvalue weighted by molar-refractivity contribution is -0.392. The highest BCUT2D eigenvalue weighted by Crippen LogP contribution is 2.75. The maximum absolute atomic E-state index is 12.8. The molecule has 5 saturated heterocycles. The molecule has 0 aromatic rings. The van der Waals surface area contributed by atoms with Gasteiger partial charge in [-0.1, -0.05) is 60.1 Å². The van der Waals surface area contributed by atoms with E-state index in [1.807, 2.05) is 13.8 Å². The van der Waals surface area contributed by atoms with Crippen molar-refractivity contribution in [2.45, 2.75) is 285 Å². The summed E-state index contributed by atoms with van der Waals surface area (Å²) in [6.07, 6.45) is -34.3. The Hall–Kier alpha value is -1.38. The van der Waals surface area contributed by atoms with Gasteiger partial charge in [0, 0.05) is 16.7 Å². The van der Waals surface area contributed by atoms with Gasteiger partial charge in [0.15, 0.2) is 31.5 Å². The fraction of sp³-hybridized carbons (Fsp3) is 0.967. The smallest absolute Gasteiger partial charge is 0.187 e. The molecule has 28 heteroatoms. The number of rotatable bonds is 20. The zero-order chi connectivity index (χ0) is 65.5. The summed E-state index contributed by atoms with van der Waals surface area (Å²) in [6, 6.07) is 0. The summed E-state index contributed by atoms with van der Waals surface area (Å²) in [6.45, 7) is 14.3. The van der Waals surface area contributed by atoms with Crippen molar-refractivity contribution in [1.82, 2.24) is 0 Å². The van der Waals surface area contributed by atoms with Crippen molar-refractivity contribution in [1.29, 1.82) is 0 Å². The van der Waals surface area contributed by atoms with E-state index in [4.69, 9.17) is 47.4 Å². The first kappa shape index (κ1) is 71.9. The second-order valence-electron chi connectivity index (χ2n) is 29.0. The summed E-state index contributed by atoms with van der Waals surface area (Å²) in [4.78, 5) is 0. The second kappa shape index (κ2) is 27.6. The van der Waals surface area contributed by atoms with E-state index in [0.29, 0.717) is 32.1 Å². The Morgan fingerprint density at radius 2 is 1.03 bits per heavy atom. The average molecular weight is 1290 g/mol. The third-order valence-corrected chi connectivity index (χ3v) is 23.3. The molecule has 3 saturated carbocycles. The topological polar surface area (TPSA) is 456 Å². The van der Waals surface area contributed by atoms with Crippen LogP contribution in [0.4, 0.5) is 0 Å². The van der Waals surface area contributed by atoms with E-state index < -0.39 is 221 Å². The first-order valence-corrected chi connectivity index (χ1v) is 31.9. The first-order valence-electron chi connectivity index (χ1n) is 31.9. The molecule has 0 radical (unpaired) electrons. The van der Waals surface area contributed by atoms with E-state index >= 15 is 0 Å². The van der Waals surface area contributed by atoms with Crippen LogP contribution in [0.3, 0.4) is 0 Å². The third kappa shape index (κ3) is 13.0. The maximum Gasteiger partial charge on any atom is 0.187 e. The van der Waals surface area contributed by atoms with Gasteiger partial charge in [0.05, 0.1) is 69.2 Å². The summed E-state index contributed by atoms with van der Waals surface area (Å²) < 4.78 is 60.3. The van der Waals surface area contributed by atoms with Crippen molar-refractivity contribution < 1.29 is 139 Å². The molecule has 516 valence electrons. The Morgan fingerprint density at radius 3 is 1.61 bits per heavy atom. The normalized spacial score (nSPS) is 51.8. The van der Waals surface area contributed by atoms with E-state index in [2.05, 4.69) is 33.8 Å². The Bertz CT molecular complexity index is 2340. The molecule has 18 N–H and O–H groups in total. The van der Waals surface area contributed by atoms with Crippen molar-refractivity contribution in [2.75, 3.05) is 33.0 Å². The van der Waals surface area contributed by atoms with Crippen LogP contribution in [-0.2, 0) is 47.4 Å². The Balaban J connectivity index is 0.888. The molecule has 0 spiro atoms. The second-order valence-corrected chi connectivity index (χ2v) is 29.0. The SMILES string of the molecule is C[C@H]1[C@H](O)[C@@H](O)C(O[C@H]2[C@H](O)[C@@H](O[C@@H]3O[C@H](CO)[C@@H](O)[C@H](O)[C@H]3O)[C@H](O[C@H](CC[C@@H](C)C3CC[C@@]4(C)C5CC=C6C(CC[C@H](O[C@@H]7O[C@H](CO[C@@H]8O[C@H](CO)[C@@H](O)[C@H](O)[C@H]8O)[C@@H](O)[C@H](O)[C@H]7O)C6(C)C)[C@]5(C)[C@H](O)C[C@]34C)C(C)(C)O)O[C@@H]2CO)O[C@@H]1CO. The fourth-order valence-electron chi connectivity index (χ4n) is 17.3. The largest absolute Gasteiger partial charge is 0.394 e. The molecule has 9 aliphatic rings. The predicted octanol–water partition coefficient (Wildman–Crippen LogP) is -4.13. The van der Waals surface area contributed by atoms with Crippen LogP contribution in [0.25, 0.3) is 0 Å². The molecule has 35 atom stereocenters. The highest BCUT2D eigenvalue weighted by atomic mass is 16.8. The highest BCUT2D eigenvalue weighted by molar-refractivity contribution is 5.32. The fourth-order valence-corrected chi connectivity index (χ4v) is 17.3. The molecular weight excluding hydrogens is 1180 g/mol.